The summed E-state index contributed by atoms with van der Waals surface area (Å²) in [5.41, 5.74) is 7.26. The zero-order chi connectivity index (χ0) is 15.2. The van der Waals surface area contributed by atoms with E-state index in [0.717, 1.165) is 24.9 Å². The van der Waals surface area contributed by atoms with Crippen LogP contribution in [0.2, 0.25) is 0 Å². The van der Waals surface area contributed by atoms with Crippen LogP contribution in [0.3, 0.4) is 0 Å². The first-order chi connectivity index (χ1) is 10.1. The van der Waals surface area contributed by atoms with E-state index in [1.165, 1.54) is 10.1 Å². The molecular formula is C17H22N2OS. The number of thiophene rings is 1. The first-order valence-corrected chi connectivity index (χ1v) is 8.08. The van der Waals surface area contributed by atoms with Gasteiger partial charge in [-0.3, -0.25) is 4.79 Å². The SMILES string of the molecule is C=CCCCN(C)C(=O)C(N)Cc1csc2ccccc12. The van der Waals surface area contributed by atoms with E-state index in [1.54, 1.807) is 16.2 Å². The summed E-state index contributed by atoms with van der Waals surface area (Å²) in [7, 11) is 1.82. The second-order valence-corrected chi connectivity index (χ2v) is 6.17. The Balaban J connectivity index is 1.98. The van der Waals surface area contributed by atoms with E-state index in [9.17, 15) is 4.79 Å². The standard InChI is InChI=1S/C17H22N2OS/c1-3-4-7-10-19(2)17(20)15(18)11-13-12-21-16-9-6-5-8-14(13)16/h3,5-6,8-9,12,15H,1,4,7,10-11,18H2,2H3. The molecule has 21 heavy (non-hydrogen) atoms. The lowest BCUT2D eigenvalue weighted by Crippen LogP contribution is -2.43. The maximum Gasteiger partial charge on any atom is 0.239 e. The Hall–Kier alpha value is -1.65. The maximum atomic E-state index is 12.3. The Morgan fingerprint density at radius 3 is 3.00 bits per heavy atom. The zero-order valence-electron chi connectivity index (χ0n) is 12.4. The van der Waals surface area contributed by atoms with Crippen molar-refractivity contribution in [2.45, 2.75) is 25.3 Å². The fraction of sp³-hybridized carbons (Fsp3) is 0.353. The van der Waals surface area contributed by atoms with Crippen LogP contribution >= 0.6 is 11.3 Å². The summed E-state index contributed by atoms with van der Waals surface area (Å²) >= 11 is 1.70. The molecule has 0 spiro atoms. The van der Waals surface area contributed by atoms with Crippen molar-refractivity contribution in [3.63, 3.8) is 0 Å². The third-order valence-electron chi connectivity index (χ3n) is 3.60. The number of carbonyl (C=O) groups excluding carboxylic acids is 1. The van der Waals surface area contributed by atoms with Crippen LogP contribution < -0.4 is 5.73 Å². The third-order valence-corrected chi connectivity index (χ3v) is 4.61. The van der Waals surface area contributed by atoms with Crippen LogP contribution in [0.15, 0.2) is 42.3 Å². The van der Waals surface area contributed by atoms with Crippen LogP contribution in [0.4, 0.5) is 0 Å². The number of amides is 1. The van der Waals surface area contributed by atoms with Gasteiger partial charge >= 0.3 is 0 Å². The van der Waals surface area contributed by atoms with Crippen LogP contribution in [0.25, 0.3) is 10.1 Å². The van der Waals surface area contributed by atoms with Crippen molar-refractivity contribution >= 4 is 27.3 Å². The number of nitrogens with two attached hydrogens (primary N) is 1. The molecule has 0 aliphatic rings. The Morgan fingerprint density at radius 1 is 1.48 bits per heavy atom. The summed E-state index contributed by atoms with van der Waals surface area (Å²) in [6.07, 6.45) is 4.31. The molecular weight excluding hydrogens is 280 g/mol. The molecule has 0 fully saturated rings. The fourth-order valence-electron chi connectivity index (χ4n) is 2.38. The molecule has 2 N–H and O–H groups in total. The smallest absolute Gasteiger partial charge is 0.239 e. The lowest BCUT2D eigenvalue weighted by atomic mass is 10.0. The molecule has 0 saturated carbocycles. The van der Waals surface area contributed by atoms with Crippen LogP contribution in [0, 0.1) is 0 Å². The molecule has 4 heteroatoms. The van der Waals surface area contributed by atoms with Gasteiger partial charge in [-0.05, 0) is 41.7 Å². The second-order valence-electron chi connectivity index (χ2n) is 5.26. The van der Waals surface area contributed by atoms with Gasteiger partial charge in [0.1, 0.15) is 0 Å². The average molecular weight is 302 g/mol. The summed E-state index contributed by atoms with van der Waals surface area (Å²) in [4.78, 5) is 14.0. The molecule has 1 aromatic heterocycles. The number of hydrogen-bond acceptors (Lipinski definition) is 3. The Labute approximate surface area is 130 Å². The largest absolute Gasteiger partial charge is 0.344 e. The minimum absolute atomic E-state index is 0.00865. The van der Waals surface area contributed by atoms with Crippen molar-refractivity contribution < 1.29 is 4.79 Å². The van der Waals surface area contributed by atoms with Gasteiger partial charge in [0, 0.05) is 18.3 Å². The normalized spacial score (nSPS) is 12.3. The molecule has 1 atom stereocenters. The fourth-order valence-corrected chi connectivity index (χ4v) is 3.36. The van der Waals surface area contributed by atoms with E-state index >= 15 is 0 Å². The van der Waals surface area contributed by atoms with E-state index in [1.807, 2.05) is 25.3 Å². The first kappa shape index (κ1) is 15.7. The van der Waals surface area contributed by atoms with Crippen molar-refractivity contribution in [2.24, 2.45) is 5.73 Å². The highest BCUT2D eigenvalue weighted by molar-refractivity contribution is 7.17. The minimum Gasteiger partial charge on any atom is -0.344 e. The van der Waals surface area contributed by atoms with Gasteiger partial charge in [-0.1, -0.05) is 24.3 Å². The number of allylic oxidation sites excluding steroid dienone is 1. The second kappa shape index (κ2) is 7.38. The van der Waals surface area contributed by atoms with Gasteiger partial charge in [-0.15, -0.1) is 17.9 Å². The molecule has 2 rings (SSSR count). The molecule has 0 aliphatic heterocycles. The lowest BCUT2D eigenvalue weighted by Gasteiger charge is -2.21. The summed E-state index contributed by atoms with van der Waals surface area (Å²) in [5.74, 6) is 0.00865. The summed E-state index contributed by atoms with van der Waals surface area (Å²) in [5, 5.41) is 3.32. The number of carbonyl (C=O) groups is 1. The van der Waals surface area contributed by atoms with Gasteiger partial charge < -0.3 is 10.6 Å². The molecule has 112 valence electrons. The number of benzene rings is 1. The van der Waals surface area contributed by atoms with Gasteiger partial charge in [-0.25, -0.2) is 0 Å². The number of hydrogen-bond donors (Lipinski definition) is 1. The van der Waals surface area contributed by atoms with E-state index < -0.39 is 6.04 Å². The number of fused-ring (bicyclic) bond motifs is 1. The highest BCUT2D eigenvalue weighted by Gasteiger charge is 2.19. The summed E-state index contributed by atoms with van der Waals surface area (Å²) < 4.78 is 1.24. The number of likely N-dealkylation sites (N-methyl/N-ethyl adjacent to an activating group) is 1. The van der Waals surface area contributed by atoms with Crippen molar-refractivity contribution in [2.75, 3.05) is 13.6 Å². The molecule has 0 aliphatic carbocycles. The van der Waals surface area contributed by atoms with Crippen LogP contribution in [0.1, 0.15) is 18.4 Å². The van der Waals surface area contributed by atoms with Crippen molar-refractivity contribution in [3.05, 3.63) is 47.9 Å². The number of rotatable bonds is 7. The predicted octanol–water partition coefficient (Wildman–Crippen LogP) is 3.20. The van der Waals surface area contributed by atoms with Crippen molar-refractivity contribution in [3.8, 4) is 0 Å². The molecule has 1 heterocycles. The molecule has 3 nitrogen and oxygen atoms in total. The van der Waals surface area contributed by atoms with Gasteiger partial charge in [0.15, 0.2) is 0 Å². The topological polar surface area (TPSA) is 46.3 Å². The molecule has 1 unspecified atom stereocenters. The van der Waals surface area contributed by atoms with Crippen LogP contribution in [-0.4, -0.2) is 30.4 Å². The zero-order valence-corrected chi connectivity index (χ0v) is 13.2. The molecule has 1 aromatic carbocycles. The van der Waals surface area contributed by atoms with E-state index in [0.29, 0.717) is 6.42 Å². The lowest BCUT2D eigenvalue weighted by molar-refractivity contribution is -0.131. The Kier molecular flexibility index (Phi) is 5.53. The third kappa shape index (κ3) is 3.93. The minimum atomic E-state index is -0.475. The summed E-state index contributed by atoms with van der Waals surface area (Å²) in [6, 6.07) is 7.76. The summed E-state index contributed by atoms with van der Waals surface area (Å²) in [6.45, 7) is 4.41. The van der Waals surface area contributed by atoms with Crippen molar-refractivity contribution in [1.29, 1.82) is 0 Å². The predicted molar refractivity (Wildman–Crippen MR) is 90.6 cm³/mol. The number of nitrogens with zero attached hydrogens (tertiary/aromatic N) is 1. The van der Waals surface area contributed by atoms with Gasteiger partial charge in [0.05, 0.1) is 6.04 Å². The molecule has 1 amide bonds. The highest BCUT2D eigenvalue weighted by atomic mass is 32.1. The maximum absolute atomic E-state index is 12.3. The average Bonchev–Trinajstić information content (AvgIpc) is 2.90. The Bertz CT molecular complexity index is 620. The van der Waals surface area contributed by atoms with E-state index in [4.69, 9.17) is 5.73 Å². The molecule has 2 aromatic rings. The molecule has 0 bridgehead atoms. The first-order valence-electron chi connectivity index (χ1n) is 7.20. The molecule has 0 radical (unpaired) electrons. The van der Waals surface area contributed by atoms with E-state index in [-0.39, 0.29) is 5.91 Å². The van der Waals surface area contributed by atoms with Gasteiger partial charge in [0.25, 0.3) is 0 Å². The van der Waals surface area contributed by atoms with Gasteiger partial charge in [-0.2, -0.15) is 0 Å². The highest BCUT2D eigenvalue weighted by Crippen LogP contribution is 2.26. The van der Waals surface area contributed by atoms with Crippen LogP contribution in [-0.2, 0) is 11.2 Å². The molecule has 0 saturated heterocycles. The quantitative estimate of drug-likeness (QED) is 0.630. The monoisotopic (exact) mass is 302 g/mol. The number of unbranched alkanes of at least 4 members (excludes halogenated alkanes) is 1. The Morgan fingerprint density at radius 2 is 2.24 bits per heavy atom. The van der Waals surface area contributed by atoms with Crippen LogP contribution in [0.5, 0.6) is 0 Å². The van der Waals surface area contributed by atoms with E-state index in [2.05, 4.69) is 24.1 Å². The van der Waals surface area contributed by atoms with Gasteiger partial charge in [0.2, 0.25) is 5.91 Å². The van der Waals surface area contributed by atoms with Crippen molar-refractivity contribution in [1.82, 2.24) is 4.90 Å².